The van der Waals surface area contributed by atoms with Gasteiger partial charge in [-0.05, 0) is 43.7 Å². The van der Waals surface area contributed by atoms with Crippen LogP contribution in [0.5, 0.6) is 5.75 Å². The number of benzene rings is 2. The zero-order valence-corrected chi connectivity index (χ0v) is 16.5. The van der Waals surface area contributed by atoms with Crippen LogP contribution in [0.15, 0.2) is 42.5 Å². The van der Waals surface area contributed by atoms with Crippen molar-refractivity contribution < 1.29 is 9.53 Å². The molecule has 0 radical (unpaired) electrons. The van der Waals surface area contributed by atoms with Crippen LogP contribution in [0, 0.1) is 6.92 Å². The number of carbonyl (C=O) groups excluding carboxylic acids is 1. The molecule has 0 unspecified atom stereocenters. The minimum atomic E-state index is 0.124. The van der Waals surface area contributed by atoms with Gasteiger partial charge in [-0.3, -0.25) is 4.79 Å². The molecule has 5 nitrogen and oxygen atoms in total. The molecule has 0 spiro atoms. The fraction of sp³-hybridized carbons (Fsp3) is 0.333. The first-order valence-corrected chi connectivity index (χ1v) is 10.1. The van der Waals surface area contributed by atoms with Crippen LogP contribution >= 0.6 is 11.3 Å². The summed E-state index contributed by atoms with van der Waals surface area (Å²) < 4.78 is 6.72. The molecule has 3 aromatic rings. The van der Waals surface area contributed by atoms with E-state index < -0.39 is 0 Å². The average Bonchev–Trinajstić information content (AvgIpc) is 3.12. The van der Waals surface area contributed by atoms with Gasteiger partial charge < -0.3 is 14.5 Å². The van der Waals surface area contributed by atoms with Crippen molar-refractivity contribution in [3.8, 4) is 5.75 Å². The van der Waals surface area contributed by atoms with Crippen molar-refractivity contribution in [1.29, 1.82) is 0 Å². The number of hydrogen-bond acceptors (Lipinski definition) is 5. The molecule has 2 heterocycles. The van der Waals surface area contributed by atoms with Crippen molar-refractivity contribution in [2.24, 2.45) is 0 Å². The van der Waals surface area contributed by atoms with Gasteiger partial charge in [0.25, 0.3) is 5.91 Å². The molecule has 2 aromatic carbocycles. The Bertz CT molecular complexity index is 961. The van der Waals surface area contributed by atoms with Gasteiger partial charge in [0, 0.05) is 31.7 Å². The predicted molar refractivity (Wildman–Crippen MR) is 110 cm³/mol. The molecule has 0 bridgehead atoms. The highest BCUT2D eigenvalue weighted by Crippen LogP contribution is 2.32. The number of ether oxygens (including phenoxy) is 1. The SMILES string of the molecule is CCOc1ccc2nc(N3CCN(C(=O)c4ccccc4C)CC3)sc2c1. The Balaban J connectivity index is 1.45. The van der Waals surface area contributed by atoms with E-state index in [4.69, 9.17) is 9.72 Å². The zero-order chi connectivity index (χ0) is 18.8. The van der Waals surface area contributed by atoms with Crippen LogP contribution in [0.2, 0.25) is 0 Å². The summed E-state index contributed by atoms with van der Waals surface area (Å²) in [7, 11) is 0. The van der Waals surface area contributed by atoms with Crippen molar-refractivity contribution in [3.63, 3.8) is 0 Å². The minimum Gasteiger partial charge on any atom is -0.494 e. The van der Waals surface area contributed by atoms with Crippen LogP contribution in [0.4, 0.5) is 5.13 Å². The normalized spacial score (nSPS) is 14.6. The maximum absolute atomic E-state index is 12.8. The Hall–Kier alpha value is -2.60. The van der Waals surface area contributed by atoms with E-state index in [9.17, 15) is 4.79 Å². The highest BCUT2D eigenvalue weighted by molar-refractivity contribution is 7.22. The molecule has 0 atom stereocenters. The fourth-order valence-corrected chi connectivity index (χ4v) is 4.41. The summed E-state index contributed by atoms with van der Waals surface area (Å²) in [4.78, 5) is 21.8. The van der Waals surface area contributed by atoms with E-state index in [-0.39, 0.29) is 5.91 Å². The maximum atomic E-state index is 12.8. The van der Waals surface area contributed by atoms with Gasteiger partial charge in [0.2, 0.25) is 0 Å². The van der Waals surface area contributed by atoms with E-state index in [0.717, 1.165) is 45.3 Å². The van der Waals surface area contributed by atoms with E-state index in [1.165, 1.54) is 0 Å². The number of aromatic nitrogens is 1. The Morgan fingerprint density at radius 2 is 1.93 bits per heavy atom. The van der Waals surface area contributed by atoms with Crippen LogP contribution < -0.4 is 9.64 Å². The topological polar surface area (TPSA) is 45.7 Å². The van der Waals surface area contributed by atoms with Crippen LogP contribution in [0.25, 0.3) is 10.2 Å². The number of thiazole rings is 1. The van der Waals surface area contributed by atoms with Gasteiger partial charge in [0.15, 0.2) is 5.13 Å². The molecular weight excluding hydrogens is 358 g/mol. The third kappa shape index (κ3) is 3.62. The van der Waals surface area contributed by atoms with Crippen LogP contribution in [-0.2, 0) is 0 Å². The number of hydrogen-bond donors (Lipinski definition) is 0. The number of carbonyl (C=O) groups is 1. The second-order valence-electron chi connectivity index (χ2n) is 6.65. The van der Waals surface area contributed by atoms with E-state index in [0.29, 0.717) is 19.7 Å². The fourth-order valence-electron chi connectivity index (χ4n) is 3.37. The van der Waals surface area contributed by atoms with E-state index in [1.54, 1.807) is 11.3 Å². The van der Waals surface area contributed by atoms with Crippen molar-refractivity contribution in [3.05, 3.63) is 53.6 Å². The Kier molecular flexibility index (Phi) is 4.99. The second-order valence-corrected chi connectivity index (χ2v) is 7.66. The van der Waals surface area contributed by atoms with E-state index >= 15 is 0 Å². The number of aryl methyl sites for hydroxylation is 1. The standard InChI is InChI=1S/C21H23N3O2S/c1-3-26-16-8-9-18-19(14-16)27-21(22-18)24-12-10-23(11-13-24)20(25)17-7-5-4-6-15(17)2/h4-9,14H,3,10-13H2,1-2H3. The molecule has 0 aliphatic carbocycles. The van der Waals surface area contributed by atoms with Crippen molar-refractivity contribution in [2.45, 2.75) is 13.8 Å². The summed E-state index contributed by atoms with van der Waals surface area (Å²) in [5, 5.41) is 1.02. The Morgan fingerprint density at radius 1 is 1.15 bits per heavy atom. The highest BCUT2D eigenvalue weighted by atomic mass is 32.1. The smallest absolute Gasteiger partial charge is 0.254 e. The summed E-state index contributed by atoms with van der Waals surface area (Å²) in [6.07, 6.45) is 0. The summed E-state index contributed by atoms with van der Waals surface area (Å²) in [5.41, 5.74) is 2.83. The molecule has 1 fully saturated rings. The van der Waals surface area contributed by atoms with Gasteiger partial charge in [0.1, 0.15) is 5.75 Å². The average molecular weight is 382 g/mol. The van der Waals surface area contributed by atoms with Crippen LogP contribution in [0.3, 0.4) is 0 Å². The van der Waals surface area contributed by atoms with Crippen molar-refractivity contribution in [2.75, 3.05) is 37.7 Å². The lowest BCUT2D eigenvalue weighted by atomic mass is 10.1. The third-order valence-electron chi connectivity index (χ3n) is 4.87. The van der Waals surface area contributed by atoms with Gasteiger partial charge in [-0.15, -0.1) is 0 Å². The van der Waals surface area contributed by atoms with Gasteiger partial charge >= 0.3 is 0 Å². The van der Waals surface area contributed by atoms with Gasteiger partial charge in [-0.25, -0.2) is 4.98 Å². The maximum Gasteiger partial charge on any atom is 0.254 e. The lowest BCUT2D eigenvalue weighted by Crippen LogP contribution is -2.48. The molecule has 0 N–H and O–H groups in total. The lowest BCUT2D eigenvalue weighted by molar-refractivity contribution is 0.0746. The molecule has 4 rings (SSSR count). The van der Waals surface area contributed by atoms with E-state index in [1.807, 2.05) is 55.1 Å². The summed E-state index contributed by atoms with van der Waals surface area (Å²) in [5.74, 6) is 1.01. The van der Waals surface area contributed by atoms with Gasteiger partial charge in [0.05, 0.1) is 16.8 Å². The van der Waals surface area contributed by atoms with Gasteiger partial charge in [-0.2, -0.15) is 0 Å². The summed E-state index contributed by atoms with van der Waals surface area (Å²) >= 11 is 1.68. The van der Waals surface area contributed by atoms with Crippen molar-refractivity contribution >= 4 is 32.6 Å². The van der Waals surface area contributed by atoms with Gasteiger partial charge in [-0.1, -0.05) is 29.5 Å². The number of anilines is 1. The number of amides is 1. The molecular formula is C21H23N3O2S. The quantitative estimate of drug-likeness (QED) is 0.686. The molecule has 140 valence electrons. The second kappa shape index (κ2) is 7.56. The highest BCUT2D eigenvalue weighted by Gasteiger charge is 2.24. The minimum absolute atomic E-state index is 0.124. The molecule has 1 saturated heterocycles. The number of nitrogens with zero attached hydrogens (tertiary/aromatic N) is 3. The summed E-state index contributed by atoms with van der Waals surface area (Å²) in [6, 6.07) is 13.8. The Morgan fingerprint density at radius 3 is 2.67 bits per heavy atom. The first-order chi connectivity index (χ1) is 13.2. The monoisotopic (exact) mass is 381 g/mol. The Labute approximate surface area is 163 Å². The zero-order valence-electron chi connectivity index (χ0n) is 15.6. The first-order valence-electron chi connectivity index (χ1n) is 9.29. The summed E-state index contributed by atoms with van der Waals surface area (Å²) in [6.45, 7) is 7.67. The van der Waals surface area contributed by atoms with Crippen LogP contribution in [-0.4, -0.2) is 48.6 Å². The van der Waals surface area contributed by atoms with Crippen molar-refractivity contribution in [1.82, 2.24) is 9.88 Å². The predicted octanol–water partition coefficient (Wildman–Crippen LogP) is 3.97. The first kappa shape index (κ1) is 17.8. The molecule has 1 aliphatic heterocycles. The number of fused-ring (bicyclic) bond motifs is 1. The molecule has 0 saturated carbocycles. The molecule has 6 heteroatoms. The number of rotatable bonds is 4. The number of piperazine rings is 1. The van der Waals surface area contributed by atoms with E-state index in [2.05, 4.69) is 11.0 Å². The molecule has 1 aromatic heterocycles. The third-order valence-corrected chi connectivity index (χ3v) is 5.95. The molecule has 1 amide bonds. The molecule has 1 aliphatic rings. The van der Waals surface area contributed by atoms with Crippen LogP contribution in [0.1, 0.15) is 22.8 Å². The largest absolute Gasteiger partial charge is 0.494 e. The molecule has 27 heavy (non-hydrogen) atoms. The lowest BCUT2D eigenvalue weighted by Gasteiger charge is -2.34.